The molecule has 1 saturated heterocycles. The maximum Gasteiger partial charge on any atom is 0.157 e. The minimum absolute atomic E-state index is 0.123. The molecule has 2 atom stereocenters. The molecule has 5 heteroatoms. The zero-order valence-corrected chi connectivity index (χ0v) is 8.84. The van der Waals surface area contributed by atoms with Crippen LogP contribution in [-0.4, -0.2) is 43.7 Å². The molecule has 0 aromatic carbocycles. The molecule has 1 aliphatic heterocycles. The van der Waals surface area contributed by atoms with Gasteiger partial charge >= 0.3 is 0 Å². The summed E-state index contributed by atoms with van der Waals surface area (Å²) >= 11 is 0. The van der Waals surface area contributed by atoms with E-state index in [1.165, 1.54) is 0 Å². The van der Waals surface area contributed by atoms with Gasteiger partial charge in [-0.3, -0.25) is 0 Å². The van der Waals surface area contributed by atoms with Crippen LogP contribution < -0.4 is 5.32 Å². The van der Waals surface area contributed by atoms with Gasteiger partial charge in [-0.15, -0.1) is 0 Å². The molecule has 1 heterocycles. The highest BCUT2D eigenvalue weighted by Crippen LogP contribution is 2.14. The monoisotopic (exact) mass is 207 g/mol. The number of nitrogens with one attached hydrogen (secondary N) is 1. The van der Waals surface area contributed by atoms with Gasteiger partial charge in [0.25, 0.3) is 0 Å². The Labute approximate surface area is 79.3 Å². The smallest absolute Gasteiger partial charge is 0.157 e. The van der Waals surface area contributed by atoms with Gasteiger partial charge in [0.1, 0.15) is 5.25 Å². The van der Waals surface area contributed by atoms with Crippen LogP contribution in [-0.2, 0) is 9.84 Å². The summed E-state index contributed by atoms with van der Waals surface area (Å²) in [4.78, 5) is 0. The zero-order valence-electron chi connectivity index (χ0n) is 8.03. The van der Waals surface area contributed by atoms with E-state index in [0.29, 0.717) is 13.1 Å². The molecule has 1 aliphatic rings. The Kier molecular flexibility index (Phi) is 3.32. The van der Waals surface area contributed by atoms with Crippen molar-refractivity contribution in [2.45, 2.75) is 25.2 Å². The van der Waals surface area contributed by atoms with Crippen LogP contribution in [0.3, 0.4) is 0 Å². The van der Waals surface area contributed by atoms with Crippen LogP contribution in [0.5, 0.6) is 0 Å². The molecule has 78 valence electrons. The quantitative estimate of drug-likeness (QED) is 0.648. The van der Waals surface area contributed by atoms with Crippen molar-refractivity contribution in [1.29, 1.82) is 0 Å². The van der Waals surface area contributed by atoms with E-state index in [1.54, 1.807) is 0 Å². The summed E-state index contributed by atoms with van der Waals surface area (Å²) in [5.74, 6) is 0.286. The minimum atomic E-state index is -3.12. The average Bonchev–Trinajstić information content (AvgIpc) is 2.32. The maximum atomic E-state index is 11.7. The lowest BCUT2D eigenvalue weighted by Crippen LogP contribution is -2.35. The van der Waals surface area contributed by atoms with E-state index in [2.05, 4.69) is 5.32 Å². The van der Waals surface area contributed by atoms with E-state index in [1.807, 2.05) is 13.8 Å². The summed E-state index contributed by atoms with van der Waals surface area (Å²) in [5.41, 5.74) is 0. The first-order chi connectivity index (χ1) is 5.93. The van der Waals surface area contributed by atoms with Gasteiger partial charge in [0.15, 0.2) is 9.84 Å². The Bertz CT molecular complexity index is 261. The predicted molar refractivity (Wildman–Crippen MR) is 51.3 cm³/mol. The largest absolute Gasteiger partial charge is 0.390 e. The van der Waals surface area contributed by atoms with E-state index >= 15 is 0 Å². The van der Waals surface area contributed by atoms with Gasteiger partial charge in [-0.05, 0) is 5.92 Å². The first-order valence-electron chi connectivity index (χ1n) is 4.54. The molecule has 0 aromatic rings. The second kappa shape index (κ2) is 3.94. The SMILES string of the molecule is CC(C)CS(=O)(=O)C1CNCC1O. The molecule has 0 bridgehead atoms. The molecular weight excluding hydrogens is 190 g/mol. The van der Waals surface area contributed by atoms with Crippen molar-refractivity contribution < 1.29 is 13.5 Å². The van der Waals surface area contributed by atoms with Crippen molar-refractivity contribution in [3.05, 3.63) is 0 Å². The van der Waals surface area contributed by atoms with Gasteiger partial charge in [-0.25, -0.2) is 8.42 Å². The first-order valence-corrected chi connectivity index (χ1v) is 6.25. The second-order valence-corrected chi connectivity index (χ2v) is 6.25. The highest BCUT2D eigenvalue weighted by molar-refractivity contribution is 7.92. The topological polar surface area (TPSA) is 66.4 Å². The van der Waals surface area contributed by atoms with Crippen LogP contribution in [0.2, 0.25) is 0 Å². The van der Waals surface area contributed by atoms with Crippen LogP contribution in [0.4, 0.5) is 0 Å². The number of sulfone groups is 1. The fourth-order valence-corrected chi connectivity index (χ4v) is 3.72. The van der Waals surface area contributed by atoms with Gasteiger partial charge in [-0.1, -0.05) is 13.8 Å². The molecule has 0 radical (unpaired) electrons. The van der Waals surface area contributed by atoms with Crippen molar-refractivity contribution in [3.63, 3.8) is 0 Å². The highest BCUT2D eigenvalue weighted by atomic mass is 32.2. The minimum Gasteiger partial charge on any atom is -0.390 e. The van der Waals surface area contributed by atoms with Crippen molar-refractivity contribution >= 4 is 9.84 Å². The van der Waals surface area contributed by atoms with E-state index in [-0.39, 0.29) is 11.7 Å². The molecule has 4 nitrogen and oxygen atoms in total. The van der Waals surface area contributed by atoms with Crippen molar-refractivity contribution in [1.82, 2.24) is 5.32 Å². The number of β-amino-alcohol motifs (C(OH)–C–C–N with tert-alkyl or cyclic N) is 1. The lowest BCUT2D eigenvalue weighted by molar-refractivity contribution is 0.198. The Morgan fingerprint density at radius 3 is 2.46 bits per heavy atom. The molecule has 1 rings (SSSR count). The van der Waals surface area contributed by atoms with Crippen LogP contribution >= 0.6 is 0 Å². The molecule has 1 fully saturated rings. The maximum absolute atomic E-state index is 11.7. The van der Waals surface area contributed by atoms with Gasteiger partial charge < -0.3 is 10.4 Å². The van der Waals surface area contributed by atoms with Gasteiger partial charge in [0.2, 0.25) is 0 Å². The lowest BCUT2D eigenvalue weighted by Gasteiger charge is -2.15. The summed E-state index contributed by atoms with van der Waals surface area (Å²) in [6, 6.07) is 0. The van der Waals surface area contributed by atoms with Crippen LogP contribution in [0.15, 0.2) is 0 Å². The standard InChI is InChI=1S/C8H17NO3S/c1-6(2)5-13(11,12)8-4-9-3-7(8)10/h6-10H,3-5H2,1-2H3. The van der Waals surface area contributed by atoms with E-state index < -0.39 is 21.2 Å². The fraction of sp³-hybridized carbons (Fsp3) is 1.00. The summed E-state index contributed by atoms with van der Waals surface area (Å²) in [7, 11) is -3.12. The normalized spacial score (nSPS) is 29.8. The van der Waals surface area contributed by atoms with Crippen molar-refractivity contribution in [3.8, 4) is 0 Å². The number of hydrogen-bond acceptors (Lipinski definition) is 4. The Morgan fingerprint density at radius 1 is 1.46 bits per heavy atom. The predicted octanol–water partition coefficient (Wildman–Crippen LogP) is -0.610. The second-order valence-electron chi connectivity index (χ2n) is 3.99. The van der Waals surface area contributed by atoms with Gasteiger partial charge in [-0.2, -0.15) is 0 Å². The molecule has 2 N–H and O–H groups in total. The molecule has 0 aromatic heterocycles. The number of hydrogen-bond donors (Lipinski definition) is 2. The van der Waals surface area contributed by atoms with E-state index in [4.69, 9.17) is 0 Å². The molecule has 0 saturated carbocycles. The lowest BCUT2D eigenvalue weighted by atomic mass is 10.3. The van der Waals surface area contributed by atoms with Crippen LogP contribution in [0, 0.1) is 5.92 Å². The fourth-order valence-electron chi connectivity index (χ4n) is 1.60. The van der Waals surface area contributed by atoms with E-state index in [9.17, 15) is 13.5 Å². The van der Waals surface area contributed by atoms with Crippen molar-refractivity contribution in [2.24, 2.45) is 5.92 Å². The summed E-state index contributed by atoms with van der Waals surface area (Å²) in [6.07, 6.45) is -0.733. The van der Waals surface area contributed by atoms with E-state index in [0.717, 1.165) is 0 Å². The number of aliphatic hydroxyl groups is 1. The third-order valence-corrected chi connectivity index (χ3v) is 4.69. The van der Waals surface area contributed by atoms with Gasteiger partial charge in [0, 0.05) is 13.1 Å². The van der Waals surface area contributed by atoms with Crippen LogP contribution in [0.1, 0.15) is 13.8 Å². The molecule has 2 unspecified atom stereocenters. The molecule has 0 spiro atoms. The number of aliphatic hydroxyl groups excluding tert-OH is 1. The zero-order chi connectivity index (χ0) is 10.1. The molecule has 13 heavy (non-hydrogen) atoms. The Balaban J connectivity index is 2.69. The average molecular weight is 207 g/mol. The molecule has 0 aliphatic carbocycles. The highest BCUT2D eigenvalue weighted by Gasteiger charge is 2.36. The summed E-state index contributed by atoms with van der Waals surface area (Å²) < 4.78 is 23.3. The molecular formula is C8H17NO3S. The third kappa shape index (κ3) is 2.65. The number of rotatable bonds is 3. The van der Waals surface area contributed by atoms with Crippen molar-refractivity contribution in [2.75, 3.05) is 18.8 Å². The summed E-state index contributed by atoms with van der Waals surface area (Å²) in [6.45, 7) is 4.51. The Morgan fingerprint density at radius 2 is 2.08 bits per heavy atom. The third-order valence-electron chi connectivity index (χ3n) is 2.16. The van der Waals surface area contributed by atoms with Crippen LogP contribution in [0.25, 0.3) is 0 Å². The molecule has 0 amide bonds. The first kappa shape index (κ1) is 10.9. The Hall–Kier alpha value is -0.130. The summed E-state index contributed by atoms with van der Waals surface area (Å²) in [5, 5.41) is 11.7. The van der Waals surface area contributed by atoms with Gasteiger partial charge in [0.05, 0.1) is 11.9 Å².